The average Bonchev–Trinajstić information content (AvgIpc) is 3.01. The Morgan fingerprint density at radius 1 is 1.24 bits per heavy atom. The van der Waals surface area contributed by atoms with Gasteiger partial charge < -0.3 is 15.0 Å². The molecule has 1 saturated heterocycles. The lowest BCUT2D eigenvalue weighted by Gasteiger charge is -2.18. The second-order valence-corrected chi connectivity index (χ2v) is 6.38. The average molecular weight is 359 g/mol. The van der Waals surface area contributed by atoms with Gasteiger partial charge in [-0.15, -0.1) is 0 Å². The molecular weight excluding hydrogens is 340 g/mol. The van der Waals surface area contributed by atoms with Gasteiger partial charge in [-0.25, -0.2) is 0 Å². The molecule has 1 aliphatic rings. The van der Waals surface area contributed by atoms with E-state index >= 15 is 0 Å². The topological polar surface area (TPSA) is 58.6 Å². The Hall–Kier alpha value is -2.53. The molecule has 2 aromatic carbocycles. The summed E-state index contributed by atoms with van der Waals surface area (Å²) >= 11 is 6.23. The molecule has 1 aliphatic heterocycles. The number of hydrogen-bond donors (Lipinski definition) is 1. The van der Waals surface area contributed by atoms with Crippen molar-refractivity contribution >= 4 is 34.8 Å². The van der Waals surface area contributed by atoms with Crippen LogP contribution in [0.2, 0.25) is 5.02 Å². The molecule has 3 rings (SSSR count). The van der Waals surface area contributed by atoms with Crippen molar-refractivity contribution in [3.05, 3.63) is 52.5 Å². The van der Waals surface area contributed by atoms with Crippen LogP contribution in [-0.2, 0) is 4.79 Å². The Bertz CT molecular complexity index is 835. The molecule has 2 amide bonds. The Kier molecular flexibility index (Phi) is 4.95. The van der Waals surface area contributed by atoms with Crippen LogP contribution >= 0.6 is 11.6 Å². The fraction of sp³-hybridized carbons (Fsp3) is 0.263. The van der Waals surface area contributed by atoms with Crippen molar-refractivity contribution in [3.63, 3.8) is 0 Å². The molecule has 1 heterocycles. The smallest absolute Gasteiger partial charge is 0.255 e. The van der Waals surface area contributed by atoms with Crippen molar-refractivity contribution in [2.24, 2.45) is 0 Å². The van der Waals surface area contributed by atoms with E-state index in [1.165, 1.54) is 0 Å². The zero-order valence-corrected chi connectivity index (χ0v) is 14.9. The minimum Gasteiger partial charge on any atom is -0.495 e. The van der Waals surface area contributed by atoms with Gasteiger partial charge in [0.15, 0.2) is 0 Å². The Morgan fingerprint density at radius 2 is 2.04 bits per heavy atom. The lowest BCUT2D eigenvalue weighted by atomic mass is 10.1. The molecule has 130 valence electrons. The van der Waals surface area contributed by atoms with Crippen LogP contribution in [0.1, 0.15) is 28.8 Å². The molecule has 2 aromatic rings. The number of hydrogen-bond acceptors (Lipinski definition) is 3. The van der Waals surface area contributed by atoms with Gasteiger partial charge in [0, 0.05) is 18.5 Å². The highest BCUT2D eigenvalue weighted by molar-refractivity contribution is 6.34. The lowest BCUT2D eigenvalue weighted by molar-refractivity contribution is -0.117. The molecule has 1 fully saturated rings. The van der Waals surface area contributed by atoms with Gasteiger partial charge in [0.2, 0.25) is 5.91 Å². The Morgan fingerprint density at radius 3 is 2.72 bits per heavy atom. The van der Waals surface area contributed by atoms with Crippen LogP contribution in [0.5, 0.6) is 5.75 Å². The first kappa shape index (κ1) is 17.3. The highest BCUT2D eigenvalue weighted by Gasteiger charge is 2.24. The van der Waals surface area contributed by atoms with E-state index in [1.807, 2.05) is 19.1 Å². The van der Waals surface area contributed by atoms with Gasteiger partial charge in [0.25, 0.3) is 5.91 Å². The van der Waals surface area contributed by atoms with E-state index in [0.29, 0.717) is 40.7 Å². The molecule has 25 heavy (non-hydrogen) atoms. The molecular formula is C19H19ClN2O3. The highest BCUT2D eigenvalue weighted by Crippen LogP contribution is 2.31. The molecule has 6 heteroatoms. The molecule has 0 radical (unpaired) electrons. The first-order chi connectivity index (χ1) is 12.0. The summed E-state index contributed by atoms with van der Waals surface area (Å²) in [6.45, 7) is 2.56. The monoisotopic (exact) mass is 358 g/mol. The zero-order valence-electron chi connectivity index (χ0n) is 14.1. The van der Waals surface area contributed by atoms with Crippen molar-refractivity contribution in [1.82, 2.24) is 0 Å². The molecule has 0 aliphatic carbocycles. The highest BCUT2D eigenvalue weighted by atomic mass is 35.5. The van der Waals surface area contributed by atoms with Crippen LogP contribution in [0.25, 0.3) is 0 Å². The number of rotatable bonds is 4. The van der Waals surface area contributed by atoms with Gasteiger partial charge in [0.1, 0.15) is 5.75 Å². The summed E-state index contributed by atoms with van der Waals surface area (Å²) in [6, 6.07) is 10.5. The number of carbonyl (C=O) groups excluding carboxylic acids is 2. The molecule has 0 bridgehead atoms. The second kappa shape index (κ2) is 7.15. The fourth-order valence-corrected chi connectivity index (χ4v) is 3.10. The standard InChI is InChI=1S/C19H19ClN2O3/c1-12-5-8-17(25-2)15(10-12)21-19(24)13-6-7-14(20)16(11-13)22-9-3-4-18(22)23/h5-8,10-11H,3-4,9H2,1-2H3,(H,21,24). The summed E-state index contributed by atoms with van der Waals surface area (Å²) in [5.41, 5.74) is 2.62. The number of nitrogens with zero attached hydrogens (tertiary/aromatic N) is 1. The number of amides is 2. The van der Waals surface area contributed by atoms with Crippen molar-refractivity contribution in [2.75, 3.05) is 23.9 Å². The number of carbonyl (C=O) groups is 2. The third-order valence-electron chi connectivity index (χ3n) is 4.18. The van der Waals surface area contributed by atoms with Crippen molar-refractivity contribution in [1.29, 1.82) is 0 Å². The van der Waals surface area contributed by atoms with E-state index in [4.69, 9.17) is 16.3 Å². The minimum absolute atomic E-state index is 0.0276. The number of nitrogens with one attached hydrogen (secondary N) is 1. The lowest BCUT2D eigenvalue weighted by Crippen LogP contribution is -2.24. The number of aryl methyl sites for hydroxylation is 1. The predicted molar refractivity (Wildman–Crippen MR) is 98.7 cm³/mol. The molecule has 0 aromatic heterocycles. The SMILES string of the molecule is COc1ccc(C)cc1NC(=O)c1ccc(Cl)c(N2CCCC2=O)c1. The zero-order chi connectivity index (χ0) is 18.0. The van der Waals surface area contributed by atoms with Crippen LogP contribution in [0.3, 0.4) is 0 Å². The molecule has 0 saturated carbocycles. The summed E-state index contributed by atoms with van der Waals surface area (Å²) in [5.74, 6) is 0.330. The second-order valence-electron chi connectivity index (χ2n) is 5.97. The number of ether oxygens (including phenoxy) is 1. The minimum atomic E-state index is -0.284. The van der Waals surface area contributed by atoms with E-state index in [2.05, 4.69) is 5.32 Å². The summed E-state index contributed by atoms with van der Waals surface area (Å²) in [4.78, 5) is 26.2. The van der Waals surface area contributed by atoms with E-state index in [9.17, 15) is 9.59 Å². The largest absolute Gasteiger partial charge is 0.495 e. The Balaban J connectivity index is 1.88. The van der Waals surface area contributed by atoms with E-state index in [-0.39, 0.29) is 11.8 Å². The van der Waals surface area contributed by atoms with Gasteiger partial charge in [0.05, 0.1) is 23.5 Å². The van der Waals surface area contributed by atoms with Crippen LogP contribution in [0.4, 0.5) is 11.4 Å². The number of halogens is 1. The van der Waals surface area contributed by atoms with Crippen LogP contribution < -0.4 is 15.0 Å². The van der Waals surface area contributed by atoms with Gasteiger partial charge in [-0.1, -0.05) is 17.7 Å². The molecule has 0 spiro atoms. The summed E-state index contributed by atoms with van der Waals surface area (Å²) in [6.07, 6.45) is 1.30. The van der Waals surface area contributed by atoms with Crippen LogP contribution in [0.15, 0.2) is 36.4 Å². The summed E-state index contributed by atoms with van der Waals surface area (Å²) in [7, 11) is 1.56. The number of anilines is 2. The number of benzene rings is 2. The third kappa shape index (κ3) is 3.61. The molecule has 0 atom stereocenters. The number of methoxy groups -OCH3 is 1. The normalized spacial score (nSPS) is 13.9. The van der Waals surface area contributed by atoms with E-state index in [1.54, 1.807) is 36.3 Å². The van der Waals surface area contributed by atoms with Crippen LogP contribution in [0, 0.1) is 6.92 Å². The molecule has 1 N–H and O–H groups in total. The quantitative estimate of drug-likeness (QED) is 0.897. The Labute approximate surface area is 151 Å². The molecule has 0 unspecified atom stereocenters. The first-order valence-electron chi connectivity index (χ1n) is 8.05. The van der Waals surface area contributed by atoms with Gasteiger partial charge in [-0.3, -0.25) is 9.59 Å². The van der Waals surface area contributed by atoms with Crippen molar-refractivity contribution in [3.8, 4) is 5.75 Å². The van der Waals surface area contributed by atoms with E-state index in [0.717, 1.165) is 12.0 Å². The maximum absolute atomic E-state index is 12.6. The molecule has 5 nitrogen and oxygen atoms in total. The first-order valence-corrected chi connectivity index (χ1v) is 8.43. The van der Waals surface area contributed by atoms with Crippen molar-refractivity contribution in [2.45, 2.75) is 19.8 Å². The fourth-order valence-electron chi connectivity index (χ4n) is 2.88. The predicted octanol–water partition coefficient (Wildman–Crippen LogP) is 4.04. The van der Waals surface area contributed by atoms with Crippen molar-refractivity contribution < 1.29 is 14.3 Å². The maximum Gasteiger partial charge on any atom is 0.255 e. The van der Waals surface area contributed by atoms with Gasteiger partial charge in [-0.05, 0) is 49.2 Å². The summed E-state index contributed by atoms with van der Waals surface area (Å²) in [5, 5.41) is 3.31. The third-order valence-corrected chi connectivity index (χ3v) is 4.50. The maximum atomic E-state index is 12.6. The summed E-state index contributed by atoms with van der Waals surface area (Å²) < 4.78 is 5.29. The van der Waals surface area contributed by atoms with Crippen LogP contribution in [-0.4, -0.2) is 25.5 Å². The van der Waals surface area contributed by atoms with E-state index < -0.39 is 0 Å². The van der Waals surface area contributed by atoms with Gasteiger partial charge >= 0.3 is 0 Å². The van der Waals surface area contributed by atoms with Gasteiger partial charge in [-0.2, -0.15) is 0 Å².